The number of hydrogen-bond donors (Lipinski definition) is 0. The second-order valence-electron chi connectivity index (χ2n) is 14.3. The zero-order chi connectivity index (χ0) is 30.0. The fourth-order valence-electron chi connectivity index (χ4n) is 11.0. The van der Waals surface area contributed by atoms with Gasteiger partial charge in [-0.15, -0.1) is 23.2 Å². The second-order valence-corrected chi connectivity index (χ2v) is 15.3. The third-order valence-electron chi connectivity index (χ3n) is 12.6. The summed E-state index contributed by atoms with van der Waals surface area (Å²) >= 11 is 14.9. The first-order valence-corrected chi connectivity index (χ1v) is 17.5. The van der Waals surface area contributed by atoms with Crippen LogP contribution >= 0.6 is 23.2 Å². The minimum absolute atomic E-state index is 0.0756. The molecule has 218 valence electrons. The maximum Gasteiger partial charge on any atom is 0.0618 e. The van der Waals surface area contributed by atoms with Gasteiger partial charge in [-0.3, -0.25) is 0 Å². The molecule has 0 radical (unpaired) electrons. The van der Waals surface area contributed by atoms with Crippen LogP contribution in [0.2, 0.25) is 0 Å². The Labute approximate surface area is 278 Å². The minimum atomic E-state index is -0.150. The lowest BCUT2D eigenvalue weighted by Gasteiger charge is -2.50. The van der Waals surface area contributed by atoms with Gasteiger partial charge in [0.25, 0.3) is 0 Å². The normalized spacial score (nSPS) is 28.7. The molecule has 15 rings (SSSR count). The summed E-state index contributed by atoms with van der Waals surface area (Å²) in [6.45, 7) is 0. The van der Waals surface area contributed by atoms with E-state index in [0.29, 0.717) is 0 Å². The van der Waals surface area contributed by atoms with Crippen LogP contribution in [0.4, 0.5) is 0 Å². The summed E-state index contributed by atoms with van der Waals surface area (Å²) in [5, 5.41) is -0.299. The summed E-state index contributed by atoms with van der Waals surface area (Å²) < 4.78 is 0. The zero-order valence-electron chi connectivity index (χ0n) is 24.9. The predicted molar refractivity (Wildman–Crippen MR) is 185 cm³/mol. The number of fused-ring (bicyclic) bond motifs is 1. The van der Waals surface area contributed by atoms with Gasteiger partial charge < -0.3 is 0 Å². The first kappa shape index (κ1) is 25.0. The SMILES string of the molecule is Cl[C@@H]1C2c3cc4c(cc3C(c3cc5c(cc32)C2c3ccccc3C5c3ccccc32)[C@@H]1Cl)C1c2ccccc2C4c2ccccc21. The van der Waals surface area contributed by atoms with Crippen LogP contribution in [0, 0.1) is 0 Å². The first-order chi connectivity index (χ1) is 22.7. The lowest BCUT2D eigenvalue weighted by atomic mass is 9.55. The maximum atomic E-state index is 7.44. The number of hydrogen-bond acceptors (Lipinski definition) is 0. The molecule has 0 saturated carbocycles. The Balaban J connectivity index is 1.10. The van der Waals surface area contributed by atoms with Crippen molar-refractivity contribution in [2.45, 2.75) is 46.3 Å². The minimum Gasteiger partial charge on any atom is -0.120 e. The highest BCUT2D eigenvalue weighted by atomic mass is 35.5. The fraction of sp³-hybridized carbons (Fsp3) is 0.182. The summed E-state index contributed by atoms with van der Waals surface area (Å²) in [7, 11) is 0. The molecule has 6 bridgehead atoms. The van der Waals surface area contributed by atoms with Crippen molar-refractivity contribution in [1.29, 1.82) is 0 Å². The van der Waals surface area contributed by atoms with Crippen molar-refractivity contribution >= 4 is 23.2 Å². The molecule has 0 aromatic heterocycles. The molecule has 6 aromatic carbocycles. The van der Waals surface area contributed by atoms with E-state index in [-0.39, 0.29) is 46.3 Å². The highest BCUT2D eigenvalue weighted by molar-refractivity contribution is 6.31. The van der Waals surface area contributed by atoms with Crippen molar-refractivity contribution in [2.75, 3.05) is 0 Å². The molecule has 0 N–H and O–H groups in total. The topological polar surface area (TPSA) is 0 Å². The van der Waals surface area contributed by atoms with Gasteiger partial charge in [-0.2, -0.15) is 0 Å². The Morgan fingerprint density at radius 2 is 0.457 bits per heavy atom. The van der Waals surface area contributed by atoms with Crippen LogP contribution in [0.15, 0.2) is 121 Å². The highest BCUT2D eigenvalue weighted by Gasteiger charge is 2.52. The van der Waals surface area contributed by atoms with Crippen LogP contribution in [-0.4, -0.2) is 10.8 Å². The van der Waals surface area contributed by atoms with Gasteiger partial charge >= 0.3 is 0 Å². The fourth-order valence-corrected chi connectivity index (χ4v) is 11.8. The van der Waals surface area contributed by atoms with E-state index < -0.39 is 0 Å². The van der Waals surface area contributed by atoms with Crippen LogP contribution < -0.4 is 0 Å². The molecule has 0 fully saturated rings. The van der Waals surface area contributed by atoms with Gasteiger partial charge in [-0.25, -0.2) is 0 Å². The van der Waals surface area contributed by atoms with Gasteiger partial charge in [0.1, 0.15) is 0 Å². The molecule has 0 unspecified atom stereocenters. The van der Waals surface area contributed by atoms with Gasteiger partial charge in [0.05, 0.1) is 10.8 Å². The lowest BCUT2D eigenvalue weighted by Crippen LogP contribution is -2.43. The molecular formula is C44H28Cl2. The van der Waals surface area contributed by atoms with Crippen molar-refractivity contribution < 1.29 is 0 Å². The average molecular weight is 628 g/mol. The quantitative estimate of drug-likeness (QED) is 0.147. The van der Waals surface area contributed by atoms with Crippen molar-refractivity contribution in [3.8, 4) is 0 Å². The summed E-state index contributed by atoms with van der Waals surface area (Å²) in [6.07, 6.45) is 0. The van der Waals surface area contributed by atoms with Gasteiger partial charge in [-0.1, -0.05) is 121 Å². The number of halogens is 2. The second kappa shape index (κ2) is 8.43. The summed E-state index contributed by atoms with van der Waals surface area (Å²) in [5.74, 6) is 1.17. The Hall–Kier alpha value is -4.10. The van der Waals surface area contributed by atoms with Crippen LogP contribution in [0.1, 0.15) is 125 Å². The van der Waals surface area contributed by atoms with Crippen LogP contribution in [-0.2, 0) is 0 Å². The Morgan fingerprint density at radius 1 is 0.261 bits per heavy atom. The van der Waals surface area contributed by atoms with E-state index in [1.807, 2.05) is 0 Å². The van der Waals surface area contributed by atoms with Crippen LogP contribution in [0.3, 0.4) is 0 Å². The Morgan fingerprint density at radius 3 is 0.652 bits per heavy atom. The standard InChI is InChI=1S/C44H28Cl2/c45-43-41-33-17-29-30(38-22-10-2-1-9-21(22)37(29)23-11-3-4-12-24(23)38)18-34(33)42(44(43)46)36-20-32-31(19-35(36)41)39-25-13-5-7-15-27(25)40(32)28-16-8-6-14-26(28)39/h1-20,37-44H/t37?,38?,39?,40?,41?,42?,43-,44+. The number of alkyl halides is 2. The maximum absolute atomic E-state index is 7.44. The van der Waals surface area contributed by atoms with E-state index in [1.54, 1.807) is 0 Å². The van der Waals surface area contributed by atoms with E-state index in [2.05, 4.69) is 121 Å². The summed E-state index contributed by atoms with van der Waals surface area (Å²) in [6, 6.07) is 46.7. The molecule has 0 nitrogen and oxygen atoms in total. The van der Waals surface area contributed by atoms with Crippen molar-refractivity contribution in [1.82, 2.24) is 0 Å². The van der Waals surface area contributed by atoms with E-state index in [1.165, 1.54) is 89.0 Å². The molecule has 0 amide bonds. The molecule has 0 saturated heterocycles. The number of benzene rings is 6. The molecule has 2 heteroatoms. The molecule has 46 heavy (non-hydrogen) atoms. The predicted octanol–water partition coefficient (Wildman–Crippen LogP) is 10.5. The van der Waals surface area contributed by atoms with E-state index in [0.717, 1.165) is 0 Å². The molecule has 9 aliphatic carbocycles. The summed E-state index contributed by atoms with van der Waals surface area (Å²) in [4.78, 5) is 0. The molecule has 2 atom stereocenters. The smallest absolute Gasteiger partial charge is 0.0618 e. The third kappa shape index (κ3) is 2.76. The molecule has 0 aliphatic heterocycles. The van der Waals surface area contributed by atoms with Crippen molar-refractivity contribution in [3.05, 3.63) is 210 Å². The van der Waals surface area contributed by atoms with E-state index in [4.69, 9.17) is 23.2 Å². The molecular weight excluding hydrogens is 599 g/mol. The van der Waals surface area contributed by atoms with E-state index >= 15 is 0 Å². The van der Waals surface area contributed by atoms with Crippen molar-refractivity contribution in [2.24, 2.45) is 0 Å². The van der Waals surface area contributed by atoms with Crippen molar-refractivity contribution in [3.63, 3.8) is 0 Å². The Kier molecular flexibility index (Phi) is 4.59. The molecule has 0 spiro atoms. The third-order valence-corrected chi connectivity index (χ3v) is 13.8. The number of rotatable bonds is 0. The van der Waals surface area contributed by atoms with Gasteiger partial charge in [0.2, 0.25) is 0 Å². The molecule has 6 aromatic rings. The van der Waals surface area contributed by atoms with Gasteiger partial charge in [-0.05, 0) is 89.0 Å². The monoisotopic (exact) mass is 626 g/mol. The van der Waals surface area contributed by atoms with Gasteiger partial charge in [0, 0.05) is 35.5 Å². The van der Waals surface area contributed by atoms with Crippen LogP contribution in [0.5, 0.6) is 0 Å². The lowest BCUT2D eigenvalue weighted by molar-refractivity contribution is 0.529. The first-order valence-electron chi connectivity index (χ1n) is 16.7. The van der Waals surface area contributed by atoms with E-state index in [9.17, 15) is 0 Å². The van der Waals surface area contributed by atoms with Crippen LogP contribution in [0.25, 0.3) is 0 Å². The largest absolute Gasteiger partial charge is 0.120 e. The Bertz CT molecular complexity index is 1950. The van der Waals surface area contributed by atoms with Gasteiger partial charge in [0.15, 0.2) is 0 Å². The molecule has 9 aliphatic rings. The molecule has 0 heterocycles. The highest BCUT2D eigenvalue weighted by Crippen LogP contribution is 2.64. The summed E-state index contributed by atoms with van der Waals surface area (Å²) in [5.41, 5.74) is 23.1. The zero-order valence-corrected chi connectivity index (χ0v) is 26.4. The average Bonchev–Trinajstić information content (AvgIpc) is 3.11.